The zero-order chi connectivity index (χ0) is 18.6. The van der Waals surface area contributed by atoms with E-state index in [1.807, 2.05) is 17.2 Å². The van der Waals surface area contributed by atoms with Crippen molar-refractivity contribution in [2.75, 3.05) is 32.7 Å². The lowest BCUT2D eigenvalue weighted by molar-refractivity contribution is -0.137. The molecule has 2 unspecified atom stereocenters. The van der Waals surface area contributed by atoms with E-state index in [1.54, 1.807) is 18.3 Å². The fraction of sp³-hybridized carbons (Fsp3) is 0.400. The predicted molar refractivity (Wildman–Crippen MR) is 99.9 cm³/mol. The normalized spacial score (nSPS) is 23.5. The average molecular weight is 369 g/mol. The zero-order valence-corrected chi connectivity index (χ0v) is 15.1. The minimum absolute atomic E-state index is 0.133. The van der Waals surface area contributed by atoms with Gasteiger partial charge in [-0.15, -0.1) is 0 Å². The number of hydrazine groups is 1. The summed E-state index contributed by atoms with van der Waals surface area (Å²) in [6.07, 6.45) is 3.67. The largest absolute Gasteiger partial charge is 0.340 e. The number of carbonyl (C=O) groups is 1. The molecule has 2 N–H and O–H groups in total. The number of hydrogen-bond donors (Lipinski definition) is 2. The van der Waals surface area contributed by atoms with E-state index in [4.69, 9.17) is 0 Å². The minimum atomic E-state index is -0.266. The van der Waals surface area contributed by atoms with Gasteiger partial charge >= 0.3 is 0 Å². The highest BCUT2D eigenvalue weighted by Crippen LogP contribution is 2.27. The van der Waals surface area contributed by atoms with Crippen molar-refractivity contribution in [2.24, 2.45) is 5.92 Å². The fourth-order valence-corrected chi connectivity index (χ4v) is 3.82. The lowest BCUT2D eigenvalue weighted by atomic mass is 9.93. The third kappa shape index (κ3) is 4.16. The highest BCUT2D eigenvalue weighted by Gasteiger charge is 2.37. The molecule has 2 aliphatic heterocycles. The SMILES string of the molecule is O=C(C1CNNC1c1ccc(F)cc1)N1CCN(Cc2cccnc2)CC1. The van der Waals surface area contributed by atoms with Crippen molar-refractivity contribution in [3.8, 4) is 0 Å². The number of benzene rings is 1. The predicted octanol–water partition coefficient (Wildman–Crippen LogP) is 1.33. The first-order chi connectivity index (χ1) is 13.2. The minimum Gasteiger partial charge on any atom is -0.340 e. The van der Waals surface area contributed by atoms with Gasteiger partial charge in [-0.25, -0.2) is 9.82 Å². The second-order valence-corrected chi connectivity index (χ2v) is 7.12. The number of piperazine rings is 1. The molecule has 1 aromatic carbocycles. The van der Waals surface area contributed by atoms with Crippen LogP contribution in [0.2, 0.25) is 0 Å². The summed E-state index contributed by atoms with van der Waals surface area (Å²) < 4.78 is 13.2. The molecule has 2 fully saturated rings. The molecule has 0 aliphatic carbocycles. The summed E-state index contributed by atoms with van der Waals surface area (Å²) in [6.45, 7) is 4.61. The maximum Gasteiger partial charge on any atom is 0.229 e. The topological polar surface area (TPSA) is 60.5 Å². The molecule has 2 saturated heterocycles. The van der Waals surface area contributed by atoms with Crippen LogP contribution in [0, 0.1) is 11.7 Å². The zero-order valence-electron chi connectivity index (χ0n) is 15.1. The molecule has 3 heterocycles. The number of amides is 1. The van der Waals surface area contributed by atoms with Crippen LogP contribution in [0.5, 0.6) is 0 Å². The molecule has 0 saturated carbocycles. The van der Waals surface area contributed by atoms with Gasteiger partial charge in [-0.2, -0.15) is 0 Å². The molecule has 2 atom stereocenters. The number of rotatable bonds is 4. The van der Waals surface area contributed by atoms with E-state index >= 15 is 0 Å². The standard InChI is InChI=1S/C20H24FN5O/c21-17-5-3-16(4-6-17)19-18(13-23-24-19)20(27)26-10-8-25(9-11-26)14-15-2-1-7-22-12-15/h1-7,12,18-19,23-24H,8-11,13-14H2. The Kier molecular flexibility index (Phi) is 5.42. The van der Waals surface area contributed by atoms with Gasteiger partial charge < -0.3 is 4.90 Å². The molecule has 2 aliphatic rings. The van der Waals surface area contributed by atoms with Gasteiger partial charge in [0.2, 0.25) is 5.91 Å². The number of nitrogens with one attached hydrogen (secondary N) is 2. The van der Waals surface area contributed by atoms with Crippen molar-refractivity contribution in [2.45, 2.75) is 12.6 Å². The Morgan fingerprint density at radius 1 is 1.15 bits per heavy atom. The van der Waals surface area contributed by atoms with Crippen LogP contribution in [0.25, 0.3) is 0 Å². The van der Waals surface area contributed by atoms with Crippen molar-refractivity contribution in [1.82, 2.24) is 25.6 Å². The van der Waals surface area contributed by atoms with Gasteiger partial charge in [0.05, 0.1) is 12.0 Å². The molecule has 27 heavy (non-hydrogen) atoms. The summed E-state index contributed by atoms with van der Waals surface area (Å²) in [6, 6.07) is 10.3. The Morgan fingerprint density at radius 2 is 1.93 bits per heavy atom. The molecule has 1 aromatic heterocycles. The maximum absolute atomic E-state index is 13.2. The number of halogens is 1. The van der Waals surface area contributed by atoms with Gasteiger partial charge in [0.1, 0.15) is 5.82 Å². The molecule has 6 nitrogen and oxygen atoms in total. The first-order valence-corrected chi connectivity index (χ1v) is 9.34. The Morgan fingerprint density at radius 3 is 2.63 bits per heavy atom. The fourth-order valence-electron chi connectivity index (χ4n) is 3.82. The quantitative estimate of drug-likeness (QED) is 0.852. The lowest BCUT2D eigenvalue weighted by Gasteiger charge is -2.36. The van der Waals surface area contributed by atoms with E-state index in [2.05, 4.69) is 26.8 Å². The second-order valence-electron chi connectivity index (χ2n) is 7.12. The second kappa shape index (κ2) is 8.12. The Labute approximate surface area is 158 Å². The molecule has 1 amide bonds. The number of carbonyl (C=O) groups excluding carboxylic acids is 1. The number of nitrogens with zero attached hydrogens (tertiary/aromatic N) is 3. The van der Waals surface area contributed by atoms with Gasteiger partial charge in [-0.05, 0) is 29.3 Å². The van der Waals surface area contributed by atoms with Gasteiger partial charge in [0.15, 0.2) is 0 Å². The average Bonchev–Trinajstić information content (AvgIpc) is 3.19. The monoisotopic (exact) mass is 369 g/mol. The van der Waals surface area contributed by atoms with Gasteiger partial charge in [-0.1, -0.05) is 18.2 Å². The lowest BCUT2D eigenvalue weighted by Crippen LogP contribution is -2.50. The van der Waals surface area contributed by atoms with Crippen molar-refractivity contribution < 1.29 is 9.18 Å². The van der Waals surface area contributed by atoms with E-state index in [0.717, 1.165) is 38.3 Å². The van der Waals surface area contributed by atoms with Crippen molar-refractivity contribution in [1.29, 1.82) is 0 Å². The highest BCUT2D eigenvalue weighted by molar-refractivity contribution is 5.80. The third-order valence-corrected chi connectivity index (χ3v) is 5.34. The molecule has 142 valence electrons. The summed E-state index contributed by atoms with van der Waals surface area (Å²) in [7, 11) is 0. The molecule has 0 radical (unpaired) electrons. The molecular formula is C20H24FN5O. The van der Waals surface area contributed by atoms with E-state index in [1.165, 1.54) is 17.7 Å². The van der Waals surface area contributed by atoms with Crippen LogP contribution in [0.3, 0.4) is 0 Å². The first-order valence-electron chi connectivity index (χ1n) is 9.34. The van der Waals surface area contributed by atoms with E-state index in [9.17, 15) is 9.18 Å². The van der Waals surface area contributed by atoms with Crippen LogP contribution in [0.15, 0.2) is 48.8 Å². The van der Waals surface area contributed by atoms with E-state index < -0.39 is 0 Å². The van der Waals surface area contributed by atoms with E-state index in [-0.39, 0.29) is 23.7 Å². The van der Waals surface area contributed by atoms with Crippen LogP contribution in [0.4, 0.5) is 4.39 Å². The molecular weight excluding hydrogens is 345 g/mol. The van der Waals surface area contributed by atoms with Crippen LogP contribution in [-0.2, 0) is 11.3 Å². The Balaban J connectivity index is 1.35. The molecule has 4 rings (SSSR count). The van der Waals surface area contributed by atoms with Crippen molar-refractivity contribution >= 4 is 5.91 Å². The van der Waals surface area contributed by atoms with Gasteiger partial charge in [0.25, 0.3) is 0 Å². The summed E-state index contributed by atoms with van der Waals surface area (Å²) in [5.74, 6) is -0.291. The number of aromatic nitrogens is 1. The summed E-state index contributed by atoms with van der Waals surface area (Å²) in [5.41, 5.74) is 8.37. The van der Waals surface area contributed by atoms with Crippen LogP contribution >= 0.6 is 0 Å². The van der Waals surface area contributed by atoms with Crippen LogP contribution < -0.4 is 10.9 Å². The van der Waals surface area contributed by atoms with Crippen LogP contribution in [0.1, 0.15) is 17.2 Å². The third-order valence-electron chi connectivity index (χ3n) is 5.34. The molecule has 7 heteroatoms. The Bertz CT molecular complexity index is 762. The molecule has 2 aromatic rings. The molecule has 0 bridgehead atoms. The molecule has 0 spiro atoms. The Hall–Kier alpha value is -2.35. The van der Waals surface area contributed by atoms with Crippen LogP contribution in [-0.4, -0.2) is 53.4 Å². The van der Waals surface area contributed by atoms with Crippen molar-refractivity contribution in [3.63, 3.8) is 0 Å². The smallest absolute Gasteiger partial charge is 0.229 e. The van der Waals surface area contributed by atoms with Crippen molar-refractivity contribution in [3.05, 3.63) is 65.7 Å². The summed E-state index contributed by atoms with van der Waals surface area (Å²) in [5, 5.41) is 0. The number of hydrogen-bond acceptors (Lipinski definition) is 5. The first kappa shape index (κ1) is 18.0. The number of pyridine rings is 1. The summed E-state index contributed by atoms with van der Waals surface area (Å²) in [4.78, 5) is 21.5. The van der Waals surface area contributed by atoms with Gasteiger partial charge in [-0.3, -0.25) is 20.1 Å². The van der Waals surface area contributed by atoms with Gasteiger partial charge in [0, 0.05) is 51.7 Å². The summed E-state index contributed by atoms with van der Waals surface area (Å²) >= 11 is 0. The maximum atomic E-state index is 13.2. The van der Waals surface area contributed by atoms with E-state index in [0.29, 0.717) is 6.54 Å². The highest BCUT2D eigenvalue weighted by atomic mass is 19.1.